The Hall–Kier alpha value is -2.66. The number of hydrogen-bond acceptors (Lipinski definition) is 8. The van der Waals surface area contributed by atoms with Crippen molar-refractivity contribution in [1.29, 1.82) is 0 Å². The van der Waals surface area contributed by atoms with Crippen LogP contribution in [0.25, 0.3) is 0 Å². The molecule has 1 aromatic heterocycles. The van der Waals surface area contributed by atoms with Crippen LogP contribution in [0, 0.1) is 10.1 Å². The molecule has 146 valence electrons. The number of nitrogens with one attached hydrogen (secondary N) is 1. The van der Waals surface area contributed by atoms with Crippen molar-refractivity contribution in [2.45, 2.75) is 6.92 Å². The van der Waals surface area contributed by atoms with Crippen LogP contribution in [0.4, 0.5) is 10.7 Å². The fourth-order valence-corrected chi connectivity index (χ4v) is 4.15. The van der Waals surface area contributed by atoms with Crippen molar-refractivity contribution >= 4 is 52.4 Å². The molecule has 27 heavy (non-hydrogen) atoms. The van der Waals surface area contributed by atoms with E-state index in [4.69, 9.17) is 5.11 Å². The van der Waals surface area contributed by atoms with Crippen molar-refractivity contribution in [1.82, 2.24) is 0 Å². The first kappa shape index (κ1) is 22.4. The van der Waals surface area contributed by atoms with Crippen LogP contribution in [0.15, 0.2) is 30.3 Å². The Labute approximate surface area is 159 Å². The monoisotopic (exact) mass is 462 g/mol. The van der Waals surface area contributed by atoms with Gasteiger partial charge in [0, 0.05) is 6.07 Å². The molecule has 2 aromatic rings. The maximum absolute atomic E-state index is 11.6. The zero-order valence-corrected chi connectivity index (χ0v) is 16.7. The van der Waals surface area contributed by atoms with Crippen LogP contribution >= 0.6 is 11.3 Å². The fourth-order valence-electron chi connectivity index (χ4n) is 1.69. The smallest absolute Gasteiger partial charge is 0.346 e. The molecule has 4 N–H and O–H groups in total. The summed E-state index contributed by atoms with van der Waals surface area (Å²) in [5.41, 5.74) is 0.0812. The van der Waals surface area contributed by atoms with Crippen LogP contribution in [-0.4, -0.2) is 52.4 Å². The third-order valence-corrected chi connectivity index (χ3v) is 6.96. The maximum atomic E-state index is 11.6. The van der Waals surface area contributed by atoms with Gasteiger partial charge in [0.15, 0.2) is 0 Å². The van der Waals surface area contributed by atoms with E-state index in [0.717, 1.165) is 7.11 Å². The van der Waals surface area contributed by atoms with Crippen LogP contribution in [-0.2, 0) is 12.3 Å². The van der Waals surface area contributed by atoms with Crippen LogP contribution in [0.2, 0.25) is 0 Å². The predicted octanol–water partition coefficient (Wildman–Crippen LogP) is 0.920. The van der Waals surface area contributed by atoms with Gasteiger partial charge >= 0.3 is 106 Å². The Balaban J connectivity index is 0.000000289. The number of carboxylic acid groups (broad SMARTS) is 1. The van der Waals surface area contributed by atoms with Crippen molar-refractivity contribution in [3.8, 4) is 5.75 Å². The minimum Gasteiger partial charge on any atom is -0.477 e. The molecule has 0 bridgehead atoms. The second kappa shape index (κ2) is 9.33. The molecular weight excluding hydrogens is 447 g/mol. The zero-order valence-electron chi connectivity index (χ0n) is 14.0. The van der Waals surface area contributed by atoms with Crippen molar-refractivity contribution in [2.24, 2.45) is 0 Å². The molecule has 0 fully saturated rings. The Morgan fingerprint density at radius 2 is 1.93 bits per heavy atom. The van der Waals surface area contributed by atoms with E-state index in [0.29, 0.717) is 11.3 Å². The van der Waals surface area contributed by atoms with Gasteiger partial charge < -0.3 is 5.11 Å². The first-order valence-electron chi connectivity index (χ1n) is 6.95. The van der Waals surface area contributed by atoms with Crippen molar-refractivity contribution in [2.75, 3.05) is 12.4 Å². The van der Waals surface area contributed by atoms with Crippen LogP contribution < -0.4 is 9.67 Å². The van der Waals surface area contributed by atoms with Crippen molar-refractivity contribution in [3.63, 3.8) is 0 Å². The van der Waals surface area contributed by atoms with E-state index >= 15 is 0 Å². The summed E-state index contributed by atoms with van der Waals surface area (Å²) in [6.07, 6.45) is 0. The van der Waals surface area contributed by atoms with E-state index in [2.05, 4.69) is 9.04 Å². The number of hydrogen-bond donors (Lipinski definition) is 4. The largest absolute Gasteiger partial charge is 0.477 e. The molecule has 1 atom stereocenters. The number of nitro groups is 1. The minimum absolute atomic E-state index is 0.0169. The number of carbonyl (C=O) groups is 2. The number of phenolic OH excluding ortho intramolecular Hbond substituents is 1. The van der Waals surface area contributed by atoms with Gasteiger partial charge in [-0.25, -0.2) is 4.79 Å². The number of aromatic carboxylic acids is 1. The van der Waals surface area contributed by atoms with Gasteiger partial charge in [-0.2, -0.15) is 0 Å². The molecule has 0 spiro atoms. The summed E-state index contributed by atoms with van der Waals surface area (Å²) in [6.45, 7) is 1.27. The number of phenols is 1. The van der Waals surface area contributed by atoms with E-state index in [1.165, 1.54) is 37.3 Å². The summed E-state index contributed by atoms with van der Waals surface area (Å²) < 4.78 is 25.3. The number of carboxylic acids is 1. The third kappa shape index (κ3) is 6.22. The number of thiophene rings is 1. The average Bonchev–Trinajstić information content (AvgIpc) is 3.07. The fraction of sp³-hybridized carbons (Fsp3) is 0.143. The molecule has 0 aliphatic rings. The maximum Gasteiger partial charge on any atom is 0.346 e. The quantitative estimate of drug-likeness (QED) is 0.218. The number of nitrogens with zero attached hydrogens (tertiary/aromatic N) is 1. The first-order valence-corrected chi connectivity index (χ1v) is 11.1. The van der Waals surface area contributed by atoms with Gasteiger partial charge in [0.05, 0.1) is 4.92 Å². The minimum atomic E-state index is -4.68. The molecule has 0 radical (unpaired) electrons. The Morgan fingerprint density at radius 1 is 1.30 bits per heavy atom. The van der Waals surface area contributed by atoms with Gasteiger partial charge in [0.25, 0.3) is 0 Å². The van der Waals surface area contributed by atoms with Crippen LogP contribution in [0.3, 0.4) is 0 Å². The first-order chi connectivity index (χ1) is 12.5. The second-order valence-corrected chi connectivity index (χ2v) is 9.78. The van der Waals surface area contributed by atoms with Gasteiger partial charge in [-0.1, -0.05) is 11.3 Å². The van der Waals surface area contributed by atoms with Gasteiger partial charge in [0.1, 0.15) is 4.88 Å². The van der Waals surface area contributed by atoms with Crippen molar-refractivity contribution in [3.05, 3.63) is 45.3 Å². The summed E-state index contributed by atoms with van der Waals surface area (Å²) in [5, 5.41) is 30.3. The Bertz CT molecular complexity index is 883. The average molecular weight is 462 g/mol. The third-order valence-electron chi connectivity index (χ3n) is 2.86. The van der Waals surface area contributed by atoms with E-state index in [1.807, 2.05) is 0 Å². The Kier molecular flexibility index (Phi) is 7.73. The number of benzene rings is 1. The summed E-state index contributed by atoms with van der Waals surface area (Å²) in [4.78, 5) is 30.5. The number of para-hydroxylation sites is 1. The van der Waals surface area contributed by atoms with Gasteiger partial charge in [-0.15, -0.1) is 0 Å². The number of aromatic hydroxyl groups is 1. The van der Waals surface area contributed by atoms with E-state index in [9.17, 15) is 32.6 Å². The number of carbonyl (C=O) groups excluding carboxylic acids is 1. The number of anilines is 1. The molecule has 1 heterocycles. The predicted molar refractivity (Wildman–Crippen MR) is 95.6 cm³/mol. The SMILES string of the molecule is CO[As](=O)(O)c1cccc(NC(C)=O)c1O.O=C(O)c1ccc([N+](=O)[O-])s1. The molecular formula is C14H15AsN2O9S. The Morgan fingerprint density at radius 3 is 2.33 bits per heavy atom. The van der Waals surface area contributed by atoms with E-state index in [-0.39, 0.29) is 25.8 Å². The standard InChI is InChI=1S/C9H12AsNO5.C5H3NO4S/c1-6(12)11-8-5-3-4-7(9(8)13)10(14,15)16-2;7-5(8)3-1-2-4(11-3)6(9)10/h3-5,13H,1-2H3,(H,11,12)(H,14,15);1-2H,(H,7,8). The van der Waals surface area contributed by atoms with Gasteiger partial charge in [0.2, 0.25) is 0 Å². The molecule has 2 rings (SSSR count). The molecule has 0 saturated heterocycles. The molecule has 1 amide bonds. The van der Waals surface area contributed by atoms with E-state index in [1.54, 1.807) is 0 Å². The molecule has 0 aliphatic carbocycles. The molecule has 11 nitrogen and oxygen atoms in total. The summed E-state index contributed by atoms with van der Waals surface area (Å²) in [6, 6.07) is 6.54. The summed E-state index contributed by atoms with van der Waals surface area (Å²) in [7, 11) is 1.09. The van der Waals surface area contributed by atoms with E-state index < -0.39 is 30.8 Å². The summed E-state index contributed by atoms with van der Waals surface area (Å²) in [5.74, 6) is -1.96. The van der Waals surface area contributed by atoms with Gasteiger partial charge in [-0.3, -0.25) is 10.1 Å². The normalized spacial score (nSPS) is 12.3. The topological polar surface area (TPSA) is 176 Å². The molecule has 0 saturated carbocycles. The van der Waals surface area contributed by atoms with Crippen LogP contribution in [0.5, 0.6) is 5.75 Å². The zero-order chi connectivity index (χ0) is 20.8. The van der Waals surface area contributed by atoms with Crippen molar-refractivity contribution < 1.29 is 36.3 Å². The van der Waals surface area contributed by atoms with Gasteiger partial charge in [-0.05, 0) is 6.07 Å². The number of amides is 1. The van der Waals surface area contributed by atoms with Crippen LogP contribution in [0.1, 0.15) is 16.6 Å². The molecule has 1 aromatic carbocycles. The summed E-state index contributed by atoms with van der Waals surface area (Å²) >= 11 is -4.03. The molecule has 0 aliphatic heterocycles. The second-order valence-electron chi connectivity index (χ2n) is 4.76. The number of rotatable bonds is 5. The molecule has 1 unspecified atom stereocenters. The molecule has 13 heteroatoms.